The molecule has 0 aromatic carbocycles. The summed E-state index contributed by atoms with van der Waals surface area (Å²) in [6, 6.07) is 0.705. The van der Waals surface area contributed by atoms with Crippen LogP contribution in [0.5, 0.6) is 0 Å². The average molecular weight is 197 g/mol. The van der Waals surface area contributed by atoms with E-state index in [1.165, 1.54) is 38.5 Å². The van der Waals surface area contributed by atoms with Crippen molar-refractivity contribution in [2.75, 3.05) is 13.7 Å². The van der Waals surface area contributed by atoms with Gasteiger partial charge in [-0.2, -0.15) is 0 Å². The minimum Gasteiger partial charge on any atom is -0.375 e. The predicted octanol–water partition coefficient (Wildman–Crippen LogP) is 2.33. The Morgan fingerprint density at radius 3 is 2.79 bits per heavy atom. The second-order valence-corrected chi connectivity index (χ2v) is 4.94. The van der Waals surface area contributed by atoms with Crippen LogP contribution in [0.4, 0.5) is 0 Å². The van der Waals surface area contributed by atoms with Crippen LogP contribution in [-0.4, -0.2) is 25.3 Å². The van der Waals surface area contributed by atoms with E-state index in [4.69, 9.17) is 4.74 Å². The van der Waals surface area contributed by atoms with E-state index in [0.717, 1.165) is 12.5 Å². The van der Waals surface area contributed by atoms with E-state index in [1.54, 1.807) is 0 Å². The molecular formula is C12H23NO. The average Bonchev–Trinajstić information content (AvgIpc) is 2.18. The van der Waals surface area contributed by atoms with E-state index in [1.807, 2.05) is 0 Å². The van der Waals surface area contributed by atoms with Crippen LogP contribution in [0.2, 0.25) is 0 Å². The molecule has 2 atom stereocenters. The zero-order valence-corrected chi connectivity index (χ0v) is 9.51. The molecule has 2 rings (SSSR count). The van der Waals surface area contributed by atoms with Gasteiger partial charge in [-0.05, 0) is 51.5 Å². The molecule has 2 nitrogen and oxygen atoms in total. The number of ether oxygens (including phenoxy) is 1. The van der Waals surface area contributed by atoms with Gasteiger partial charge in [0.15, 0.2) is 0 Å². The van der Waals surface area contributed by atoms with Gasteiger partial charge in [-0.15, -0.1) is 0 Å². The van der Waals surface area contributed by atoms with Crippen LogP contribution in [0, 0.1) is 5.92 Å². The first-order valence-corrected chi connectivity index (χ1v) is 6.11. The Labute approximate surface area is 87.4 Å². The summed E-state index contributed by atoms with van der Waals surface area (Å²) < 4.78 is 5.94. The summed E-state index contributed by atoms with van der Waals surface area (Å²) in [5, 5.41) is 3.45. The molecule has 2 heteroatoms. The van der Waals surface area contributed by atoms with Gasteiger partial charge in [0.1, 0.15) is 0 Å². The van der Waals surface area contributed by atoms with Gasteiger partial charge in [-0.3, -0.25) is 0 Å². The molecule has 2 fully saturated rings. The normalized spacial score (nSPS) is 32.6. The van der Waals surface area contributed by atoms with Crippen molar-refractivity contribution < 1.29 is 4.74 Å². The fourth-order valence-corrected chi connectivity index (χ4v) is 3.10. The van der Waals surface area contributed by atoms with Crippen molar-refractivity contribution >= 4 is 0 Å². The van der Waals surface area contributed by atoms with Crippen LogP contribution in [-0.2, 0) is 4.74 Å². The second kappa shape index (κ2) is 4.19. The smallest absolute Gasteiger partial charge is 0.0685 e. The van der Waals surface area contributed by atoms with Crippen molar-refractivity contribution in [3.8, 4) is 0 Å². The maximum atomic E-state index is 5.94. The largest absolute Gasteiger partial charge is 0.375 e. The van der Waals surface area contributed by atoms with E-state index >= 15 is 0 Å². The van der Waals surface area contributed by atoms with E-state index < -0.39 is 0 Å². The van der Waals surface area contributed by atoms with Crippen LogP contribution < -0.4 is 5.32 Å². The Bertz CT molecular complexity index is 185. The van der Waals surface area contributed by atoms with E-state index in [9.17, 15) is 0 Å². The maximum absolute atomic E-state index is 5.94. The lowest BCUT2D eigenvalue weighted by molar-refractivity contribution is -0.147. The van der Waals surface area contributed by atoms with Gasteiger partial charge in [0.2, 0.25) is 0 Å². The molecule has 1 aliphatic carbocycles. The molecule has 14 heavy (non-hydrogen) atoms. The number of rotatable bonds is 3. The zero-order chi connectivity index (χ0) is 10.0. The van der Waals surface area contributed by atoms with Gasteiger partial charge in [0.25, 0.3) is 0 Å². The zero-order valence-electron chi connectivity index (χ0n) is 9.51. The third kappa shape index (κ3) is 1.82. The van der Waals surface area contributed by atoms with Crippen LogP contribution in [0.25, 0.3) is 0 Å². The lowest BCUT2D eigenvalue weighted by Crippen LogP contribution is -2.49. The molecule has 1 saturated heterocycles. The first kappa shape index (κ1) is 10.4. The van der Waals surface area contributed by atoms with Crippen molar-refractivity contribution in [1.82, 2.24) is 5.32 Å². The highest BCUT2D eigenvalue weighted by molar-refractivity contribution is 4.96. The van der Waals surface area contributed by atoms with Crippen LogP contribution in [0.3, 0.4) is 0 Å². The molecule has 0 bridgehead atoms. The highest BCUT2D eigenvalue weighted by Crippen LogP contribution is 2.45. The van der Waals surface area contributed by atoms with Crippen LogP contribution in [0.15, 0.2) is 0 Å². The minimum absolute atomic E-state index is 0.313. The molecule has 0 amide bonds. The third-order valence-corrected chi connectivity index (χ3v) is 4.18. The summed E-state index contributed by atoms with van der Waals surface area (Å²) in [6.45, 7) is 3.27. The topological polar surface area (TPSA) is 21.3 Å². The lowest BCUT2D eigenvalue weighted by Gasteiger charge is -2.48. The standard InChI is InChI=1S/C12H23NO/c1-3-11(13-2)10-5-8-14-12(9-10)6-4-7-12/h10-11,13H,3-9H2,1-2H3. The summed E-state index contributed by atoms with van der Waals surface area (Å²) in [6.07, 6.45) is 7.79. The predicted molar refractivity (Wildman–Crippen MR) is 58.4 cm³/mol. The first-order valence-electron chi connectivity index (χ1n) is 6.11. The minimum atomic E-state index is 0.313. The number of nitrogens with one attached hydrogen (secondary N) is 1. The van der Waals surface area contributed by atoms with Crippen molar-refractivity contribution in [3.63, 3.8) is 0 Å². The molecule has 1 spiro atoms. The van der Waals surface area contributed by atoms with E-state index in [-0.39, 0.29) is 0 Å². The quantitative estimate of drug-likeness (QED) is 0.750. The highest BCUT2D eigenvalue weighted by atomic mass is 16.5. The van der Waals surface area contributed by atoms with Gasteiger partial charge in [-0.1, -0.05) is 6.92 Å². The number of hydrogen-bond donors (Lipinski definition) is 1. The Balaban J connectivity index is 1.92. The molecule has 1 saturated carbocycles. The van der Waals surface area contributed by atoms with Crippen LogP contribution >= 0.6 is 0 Å². The molecule has 2 unspecified atom stereocenters. The molecule has 82 valence electrons. The Hall–Kier alpha value is -0.0800. The van der Waals surface area contributed by atoms with Crippen molar-refractivity contribution in [1.29, 1.82) is 0 Å². The summed E-state index contributed by atoms with van der Waals surface area (Å²) >= 11 is 0. The molecule has 0 aromatic heterocycles. The fourth-order valence-electron chi connectivity index (χ4n) is 3.10. The number of hydrogen-bond acceptors (Lipinski definition) is 2. The molecule has 0 radical (unpaired) electrons. The van der Waals surface area contributed by atoms with Crippen molar-refractivity contribution in [3.05, 3.63) is 0 Å². The van der Waals surface area contributed by atoms with Crippen LogP contribution in [0.1, 0.15) is 45.4 Å². The summed E-state index contributed by atoms with van der Waals surface area (Å²) in [4.78, 5) is 0. The molecular weight excluding hydrogens is 174 g/mol. The summed E-state index contributed by atoms with van der Waals surface area (Å²) in [5.41, 5.74) is 0.313. The van der Waals surface area contributed by atoms with Crippen molar-refractivity contribution in [2.24, 2.45) is 5.92 Å². The molecule has 1 aliphatic heterocycles. The van der Waals surface area contributed by atoms with Gasteiger partial charge < -0.3 is 10.1 Å². The van der Waals surface area contributed by atoms with Gasteiger partial charge >= 0.3 is 0 Å². The fraction of sp³-hybridized carbons (Fsp3) is 1.00. The van der Waals surface area contributed by atoms with Crippen molar-refractivity contribution in [2.45, 2.75) is 57.1 Å². The van der Waals surface area contributed by atoms with E-state index in [2.05, 4.69) is 19.3 Å². The van der Waals surface area contributed by atoms with Gasteiger partial charge in [-0.25, -0.2) is 0 Å². The molecule has 2 aliphatic rings. The SMILES string of the molecule is CCC(NC)C1CCOC2(CCC2)C1. The van der Waals surface area contributed by atoms with E-state index in [0.29, 0.717) is 11.6 Å². The third-order valence-electron chi connectivity index (χ3n) is 4.18. The Morgan fingerprint density at radius 1 is 1.50 bits per heavy atom. The molecule has 1 heterocycles. The second-order valence-electron chi connectivity index (χ2n) is 4.94. The first-order chi connectivity index (χ1) is 6.79. The summed E-state index contributed by atoms with van der Waals surface area (Å²) in [7, 11) is 2.09. The summed E-state index contributed by atoms with van der Waals surface area (Å²) in [5.74, 6) is 0.846. The van der Waals surface area contributed by atoms with Gasteiger partial charge in [0.05, 0.1) is 5.60 Å². The van der Waals surface area contributed by atoms with Gasteiger partial charge in [0, 0.05) is 12.6 Å². The Kier molecular flexibility index (Phi) is 3.13. The monoisotopic (exact) mass is 197 g/mol. The molecule has 1 N–H and O–H groups in total. The Morgan fingerprint density at radius 2 is 2.29 bits per heavy atom. The maximum Gasteiger partial charge on any atom is 0.0685 e. The molecule has 0 aromatic rings. The lowest BCUT2D eigenvalue weighted by atomic mass is 9.70. The highest BCUT2D eigenvalue weighted by Gasteiger charge is 2.43.